The number of nitrogens with zero attached hydrogens (tertiary/aromatic N) is 1. The van der Waals surface area contributed by atoms with E-state index in [2.05, 4.69) is 26.1 Å². The largest absolute Gasteiger partial charge is 0.480 e. The van der Waals surface area contributed by atoms with E-state index in [1.165, 1.54) is 0 Å². The topological polar surface area (TPSA) is 78.9 Å². The molecule has 0 bridgehead atoms. The Balaban J connectivity index is 2.27. The summed E-state index contributed by atoms with van der Waals surface area (Å²) >= 11 is 0. The first kappa shape index (κ1) is 16.8. The number of urea groups is 1. The third kappa shape index (κ3) is 5.77. The van der Waals surface area contributed by atoms with Gasteiger partial charge in [0, 0.05) is 19.6 Å². The molecule has 0 unspecified atom stereocenters. The van der Waals surface area contributed by atoms with Crippen molar-refractivity contribution in [1.82, 2.24) is 10.2 Å². The van der Waals surface area contributed by atoms with Crippen molar-refractivity contribution < 1.29 is 19.4 Å². The minimum absolute atomic E-state index is 0.0387. The van der Waals surface area contributed by atoms with Gasteiger partial charge in [0.05, 0.1) is 6.10 Å². The van der Waals surface area contributed by atoms with Gasteiger partial charge in [-0.15, -0.1) is 0 Å². The third-order valence-corrected chi connectivity index (χ3v) is 3.85. The molecule has 0 aromatic carbocycles. The lowest BCUT2D eigenvalue weighted by molar-refractivity contribution is -0.145. The first-order valence-electron chi connectivity index (χ1n) is 7.20. The highest BCUT2D eigenvalue weighted by atomic mass is 16.5. The molecule has 0 aromatic heterocycles. The average Bonchev–Trinajstić information content (AvgIpc) is 2.43. The van der Waals surface area contributed by atoms with Crippen LogP contribution in [0.2, 0.25) is 0 Å². The maximum absolute atomic E-state index is 12.0. The Morgan fingerprint density at radius 3 is 2.45 bits per heavy atom. The Hall–Kier alpha value is -1.30. The maximum Gasteiger partial charge on any atom is 0.329 e. The van der Waals surface area contributed by atoms with E-state index >= 15 is 0 Å². The fourth-order valence-electron chi connectivity index (χ4n) is 1.97. The van der Waals surface area contributed by atoms with Crippen molar-refractivity contribution in [2.75, 3.05) is 26.2 Å². The molecule has 1 heterocycles. The first-order chi connectivity index (χ1) is 9.34. The lowest BCUT2D eigenvalue weighted by Gasteiger charge is -2.33. The normalized spacial score (nSPS) is 17.1. The van der Waals surface area contributed by atoms with Gasteiger partial charge in [0.2, 0.25) is 0 Å². The predicted molar refractivity (Wildman–Crippen MR) is 75.7 cm³/mol. The van der Waals surface area contributed by atoms with Gasteiger partial charge in [-0.1, -0.05) is 20.8 Å². The van der Waals surface area contributed by atoms with Crippen LogP contribution < -0.4 is 5.32 Å². The molecule has 0 radical (unpaired) electrons. The number of carboxylic acid groups (broad SMARTS) is 1. The van der Waals surface area contributed by atoms with Crippen LogP contribution in [0.4, 0.5) is 4.79 Å². The number of ether oxygens (including phenoxy) is 1. The molecular weight excluding hydrogens is 260 g/mol. The Labute approximate surface area is 120 Å². The van der Waals surface area contributed by atoms with Gasteiger partial charge >= 0.3 is 12.0 Å². The van der Waals surface area contributed by atoms with Gasteiger partial charge in [-0.25, -0.2) is 9.59 Å². The van der Waals surface area contributed by atoms with Gasteiger partial charge in [0.15, 0.2) is 0 Å². The molecule has 0 saturated carbocycles. The number of aliphatic carboxylic acids is 1. The Kier molecular flexibility index (Phi) is 6.26. The van der Waals surface area contributed by atoms with Crippen molar-refractivity contribution in [3.05, 3.63) is 0 Å². The van der Waals surface area contributed by atoms with Crippen molar-refractivity contribution in [2.45, 2.75) is 46.1 Å². The zero-order valence-corrected chi connectivity index (χ0v) is 12.6. The minimum Gasteiger partial charge on any atom is -0.480 e. The Morgan fingerprint density at radius 2 is 1.95 bits per heavy atom. The van der Waals surface area contributed by atoms with Crippen molar-refractivity contribution in [1.29, 1.82) is 0 Å². The second-order valence-corrected chi connectivity index (χ2v) is 6.07. The van der Waals surface area contributed by atoms with Crippen molar-refractivity contribution in [3.8, 4) is 0 Å². The number of likely N-dealkylation sites (tertiary alicyclic amines) is 1. The van der Waals surface area contributed by atoms with Crippen LogP contribution in [0.15, 0.2) is 0 Å². The summed E-state index contributed by atoms with van der Waals surface area (Å²) in [6.45, 7) is 7.99. The Bertz CT molecular complexity index is 336. The molecule has 6 heteroatoms. The van der Waals surface area contributed by atoms with E-state index in [0.29, 0.717) is 32.5 Å². The minimum atomic E-state index is -0.952. The number of hydrogen-bond acceptors (Lipinski definition) is 3. The standard InChI is InChI=1S/C14H26N2O4/c1-4-14(2,3)10-15-13(19)16-7-5-11(6-8-16)20-9-12(17)18/h11H,4-10H2,1-3H3,(H,15,19)(H,17,18). The van der Waals surface area contributed by atoms with Crippen molar-refractivity contribution >= 4 is 12.0 Å². The van der Waals surface area contributed by atoms with Crippen LogP contribution in [-0.4, -0.2) is 54.4 Å². The number of hydrogen-bond donors (Lipinski definition) is 2. The van der Waals surface area contributed by atoms with Gasteiger partial charge < -0.3 is 20.1 Å². The average molecular weight is 286 g/mol. The van der Waals surface area contributed by atoms with Gasteiger partial charge in [-0.05, 0) is 24.7 Å². The number of nitrogens with one attached hydrogen (secondary N) is 1. The predicted octanol–water partition coefficient (Wildman–Crippen LogP) is 1.70. The summed E-state index contributed by atoms with van der Waals surface area (Å²) in [4.78, 5) is 24.2. The SMILES string of the molecule is CCC(C)(C)CNC(=O)N1CCC(OCC(=O)O)CC1. The van der Waals surface area contributed by atoms with Crippen molar-refractivity contribution in [2.24, 2.45) is 5.41 Å². The molecule has 1 aliphatic heterocycles. The number of rotatable bonds is 6. The fourth-order valence-corrected chi connectivity index (χ4v) is 1.97. The smallest absolute Gasteiger partial charge is 0.329 e. The van der Waals surface area contributed by atoms with Crippen LogP contribution >= 0.6 is 0 Å². The number of carbonyl (C=O) groups excluding carboxylic acids is 1. The lowest BCUT2D eigenvalue weighted by atomic mass is 9.90. The van der Waals surface area contributed by atoms with E-state index in [-0.39, 0.29) is 24.2 Å². The quantitative estimate of drug-likeness (QED) is 0.779. The molecule has 2 amide bonds. The Morgan fingerprint density at radius 1 is 1.35 bits per heavy atom. The van der Waals surface area contributed by atoms with Crippen LogP contribution in [0.5, 0.6) is 0 Å². The van der Waals surface area contributed by atoms with Gasteiger partial charge in [-0.2, -0.15) is 0 Å². The van der Waals surface area contributed by atoms with E-state index in [4.69, 9.17) is 9.84 Å². The summed E-state index contributed by atoms with van der Waals surface area (Å²) in [6.07, 6.45) is 2.34. The number of carbonyl (C=O) groups is 2. The summed E-state index contributed by atoms with van der Waals surface area (Å²) in [5.74, 6) is -0.952. The highest BCUT2D eigenvalue weighted by Gasteiger charge is 2.25. The van der Waals surface area contributed by atoms with Gasteiger partial charge in [-0.3, -0.25) is 0 Å². The third-order valence-electron chi connectivity index (χ3n) is 3.85. The molecule has 1 aliphatic rings. The van der Waals surface area contributed by atoms with E-state index in [9.17, 15) is 9.59 Å². The van der Waals surface area contributed by atoms with E-state index < -0.39 is 5.97 Å². The van der Waals surface area contributed by atoms with E-state index in [1.807, 2.05) is 0 Å². The molecule has 2 N–H and O–H groups in total. The lowest BCUT2D eigenvalue weighted by Crippen LogP contribution is -2.48. The fraction of sp³-hybridized carbons (Fsp3) is 0.857. The maximum atomic E-state index is 12.0. The highest BCUT2D eigenvalue weighted by molar-refractivity contribution is 5.74. The van der Waals surface area contributed by atoms with E-state index in [0.717, 1.165) is 6.42 Å². The van der Waals surface area contributed by atoms with Crippen LogP contribution in [-0.2, 0) is 9.53 Å². The molecule has 0 spiro atoms. The summed E-state index contributed by atoms with van der Waals surface area (Å²) in [5.41, 5.74) is 0.110. The van der Waals surface area contributed by atoms with Crippen LogP contribution in [0, 0.1) is 5.41 Å². The zero-order valence-electron chi connectivity index (χ0n) is 12.6. The molecule has 116 valence electrons. The molecule has 6 nitrogen and oxygen atoms in total. The molecular formula is C14H26N2O4. The van der Waals surface area contributed by atoms with Crippen LogP contribution in [0.3, 0.4) is 0 Å². The number of amides is 2. The van der Waals surface area contributed by atoms with Crippen LogP contribution in [0.25, 0.3) is 0 Å². The van der Waals surface area contributed by atoms with Crippen LogP contribution in [0.1, 0.15) is 40.0 Å². The first-order valence-corrected chi connectivity index (χ1v) is 7.20. The summed E-state index contributed by atoms with van der Waals surface area (Å²) in [5, 5.41) is 11.5. The van der Waals surface area contributed by atoms with Gasteiger partial charge in [0.1, 0.15) is 6.61 Å². The molecule has 0 aromatic rings. The molecule has 20 heavy (non-hydrogen) atoms. The monoisotopic (exact) mass is 286 g/mol. The second-order valence-electron chi connectivity index (χ2n) is 6.07. The number of carboxylic acids is 1. The second kappa shape index (κ2) is 7.47. The van der Waals surface area contributed by atoms with Crippen molar-refractivity contribution in [3.63, 3.8) is 0 Å². The molecule has 1 rings (SSSR count). The summed E-state index contributed by atoms with van der Waals surface area (Å²) < 4.78 is 5.25. The highest BCUT2D eigenvalue weighted by Crippen LogP contribution is 2.18. The summed E-state index contributed by atoms with van der Waals surface area (Å²) in [7, 11) is 0. The summed E-state index contributed by atoms with van der Waals surface area (Å²) in [6, 6.07) is -0.0387. The van der Waals surface area contributed by atoms with E-state index in [1.54, 1.807) is 4.90 Å². The van der Waals surface area contributed by atoms with Gasteiger partial charge in [0.25, 0.3) is 0 Å². The number of piperidine rings is 1. The zero-order chi connectivity index (χ0) is 15.2. The molecule has 1 saturated heterocycles. The molecule has 1 fully saturated rings. The molecule has 0 aliphatic carbocycles. The molecule has 0 atom stereocenters.